The summed E-state index contributed by atoms with van der Waals surface area (Å²) in [6, 6.07) is 5.62. The molecule has 96 valence electrons. The molecule has 0 spiro atoms. The number of hydrogen-bond acceptors (Lipinski definition) is 3. The largest absolute Gasteiger partial charge is 0.315 e. The molecule has 0 aliphatic rings. The summed E-state index contributed by atoms with van der Waals surface area (Å²) in [6.45, 7) is 2.59. The highest BCUT2D eigenvalue weighted by atomic mass is 35.5. The van der Waals surface area contributed by atoms with Gasteiger partial charge in [-0.05, 0) is 18.6 Å². The van der Waals surface area contributed by atoms with Crippen molar-refractivity contribution in [2.45, 2.75) is 19.5 Å². The van der Waals surface area contributed by atoms with Crippen LogP contribution in [0.3, 0.4) is 0 Å². The number of rotatable bonds is 4. The summed E-state index contributed by atoms with van der Waals surface area (Å²) in [7, 11) is 0. The lowest BCUT2D eigenvalue weighted by molar-refractivity contribution is 0.569. The average molecular weight is 303 g/mol. The first kappa shape index (κ1) is 13.6. The molecule has 0 aliphatic heterocycles. The highest BCUT2D eigenvalue weighted by Crippen LogP contribution is 2.29. The fourth-order valence-electron chi connectivity index (χ4n) is 1.63. The number of thiazole rings is 1. The molecule has 0 saturated heterocycles. The summed E-state index contributed by atoms with van der Waals surface area (Å²) in [5.74, 6) is 0. The molecule has 6 heteroatoms. The highest BCUT2D eigenvalue weighted by Gasteiger charge is 2.11. The summed E-state index contributed by atoms with van der Waals surface area (Å²) in [5, 5.41) is 6.21. The van der Waals surface area contributed by atoms with Crippen LogP contribution in [0.15, 0.2) is 28.4 Å². The number of aromatic nitrogens is 1. The van der Waals surface area contributed by atoms with E-state index < -0.39 is 0 Å². The summed E-state index contributed by atoms with van der Waals surface area (Å²) >= 11 is 13.3. The van der Waals surface area contributed by atoms with E-state index >= 15 is 0 Å². The Kier molecular flexibility index (Phi) is 4.45. The van der Waals surface area contributed by atoms with E-state index in [0.717, 1.165) is 22.6 Å². The summed E-state index contributed by atoms with van der Waals surface area (Å²) in [6.07, 6.45) is 0. The third-order valence-electron chi connectivity index (χ3n) is 2.62. The first-order chi connectivity index (χ1) is 8.58. The van der Waals surface area contributed by atoms with Gasteiger partial charge in [-0.25, -0.2) is 0 Å². The molecule has 1 aromatic carbocycles. The Hall–Kier alpha value is -0.810. The van der Waals surface area contributed by atoms with Gasteiger partial charge in [0.15, 0.2) is 0 Å². The number of halogens is 2. The third-order valence-corrected chi connectivity index (χ3v) is 4.17. The number of aromatic amines is 1. The van der Waals surface area contributed by atoms with Gasteiger partial charge < -0.3 is 10.3 Å². The van der Waals surface area contributed by atoms with Crippen molar-refractivity contribution >= 4 is 34.5 Å². The molecule has 2 N–H and O–H groups in total. The van der Waals surface area contributed by atoms with Gasteiger partial charge in [0.1, 0.15) is 0 Å². The van der Waals surface area contributed by atoms with Crippen LogP contribution in [-0.4, -0.2) is 4.98 Å². The molecule has 1 heterocycles. The maximum atomic E-state index is 11.0. The van der Waals surface area contributed by atoms with Crippen LogP contribution in [0.5, 0.6) is 0 Å². The van der Waals surface area contributed by atoms with Crippen molar-refractivity contribution in [3.63, 3.8) is 0 Å². The zero-order valence-corrected chi connectivity index (χ0v) is 12.0. The molecule has 1 aromatic heterocycles. The Morgan fingerprint density at radius 3 is 2.89 bits per heavy atom. The van der Waals surface area contributed by atoms with Crippen molar-refractivity contribution in [1.29, 1.82) is 0 Å². The van der Waals surface area contributed by atoms with Crippen LogP contribution in [0, 0.1) is 0 Å². The van der Waals surface area contributed by atoms with E-state index in [1.165, 1.54) is 0 Å². The standard InChI is InChI=1S/C12H12Cl2N2OS/c1-7(9-3-2-4-10(13)11(9)14)15-5-8-6-18-12(17)16-8/h2-4,6-7,15H,5H2,1H3,(H,16,17). The van der Waals surface area contributed by atoms with Gasteiger partial charge in [-0.3, -0.25) is 4.79 Å². The van der Waals surface area contributed by atoms with Crippen LogP contribution in [0.25, 0.3) is 0 Å². The molecule has 3 nitrogen and oxygen atoms in total. The summed E-state index contributed by atoms with van der Waals surface area (Å²) in [4.78, 5) is 13.7. The molecule has 0 bridgehead atoms. The second-order valence-corrected chi connectivity index (χ2v) is 5.55. The normalized spacial score (nSPS) is 12.6. The lowest BCUT2D eigenvalue weighted by atomic mass is 10.1. The van der Waals surface area contributed by atoms with Gasteiger partial charge in [-0.2, -0.15) is 0 Å². The van der Waals surface area contributed by atoms with Crippen molar-refractivity contribution in [2.75, 3.05) is 0 Å². The number of nitrogens with one attached hydrogen (secondary N) is 2. The molecule has 18 heavy (non-hydrogen) atoms. The Morgan fingerprint density at radius 1 is 1.44 bits per heavy atom. The van der Waals surface area contributed by atoms with E-state index in [9.17, 15) is 4.79 Å². The zero-order chi connectivity index (χ0) is 13.1. The maximum absolute atomic E-state index is 11.0. The first-order valence-corrected chi connectivity index (χ1v) is 7.05. The van der Waals surface area contributed by atoms with Gasteiger partial charge in [0.25, 0.3) is 0 Å². The smallest absolute Gasteiger partial charge is 0.304 e. The quantitative estimate of drug-likeness (QED) is 0.906. The van der Waals surface area contributed by atoms with Gasteiger partial charge in [-0.15, -0.1) is 0 Å². The van der Waals surface area contributed by atoms with Gasteiger partial charge in [-0.1, -0.05) is 46.7 Å². The van der Waals surface area contributed by atoms with Crippen molar-refractivity contribution in [3.8, 4) is 0 Å². The molecule has 0 aliphatic carbocycles. The third kappa shape index (κ3) is 3.14. The summed E-state index contributed by atoms with van der Waals surface area (Å²) in [5.41, 5.74) is 1.82. The second kappa shape index (κ2) is 5.89. The van der Waals surface area contributed by atoms with Crippen LogP contribution >= 0.6 is 34.5 Å². The maximum Gasteiger partial charge on any atom is 0.304 e. The number of benzene rings is 1. The molecule has 0 radical (unpaired) electrons. The van der Waals surface area contributed by atoms with Gasteiger partial charge >= 0.3 is 4.87 Å². The van der Waals surface area contributed by atoms with Crippen LogP contribution in [0.1, 0.15) is 24.2 Å². The lowest BCUT2D eigenvalue weighted by Crippen LogP contribution is -2.19. The predicted octanol–water partition coefficient (Wildman–Crippen LogP) is 3.59. The number of hydrogen-bond donors (Lipinski definition) is 2. The van der Waals surface area contributed by atoms with Crippen molar-refractivity contribution < 1.29 is 0 Å². The molecule has 1 unspecified atom stereocenters. The Balaban J connectivity index is 2.05. The predicted molar refractivity (Wildman–Crippen MR) is 76.7 cm³/mol. The first-order valence-electron chi connectivity index (χ1n) is 5.42. The fourth-order valence-corrected chi connectivity index (χ4v) is 2.68. The topological polar surface area (TPSA) is 44.9 Å². The SMILES string of the molecule is CC(NCc1csc(=O)[nH]1)c1cccc(Cl)c1Cl. The van der Waals surface area contributed by atoms with Crippen LogP contribution < -0.4 is 10.2 Å². The van der Waals surface area contributed by atoms with Gasteiger partial charge in [0, 0.05) is 23.7 Å². The minimum atomic E-state index is -0.0414. The molecule has 2 aromatic rings. The van der Waals surface area contributed by atoms with Crippen molar-refractivity contribution in [3.05, 3.63) is 54.5 Å². The minimum absolute atomic E-state index is 0.0414. The van der Waals surface area contributed by atoms with E-state index in [2.05, 4.69) is 10.3 Å². The second-order valence-electron chi connectivity index (χ2n) is 3.92. The molecule has 1 atom stereocenters. The van der Waals surface area contributed by atoms with Crippen molar-refractivity contribution in [1.82, 2.24) is 10.3 Å². The van der Waals surface area contributed by atoms with E-state index in [0.29, 0.717) is 16.6 Å². The summed E-state index contributed by atoms with van der Waals surface area (Å²) < 4.78 is 0. The zero-order valence-electron chi connectivity index (χ0n) is 9.67. The molecule has 0 fully saturated rings. The van der Waals surface area contributed by atoms with Gasteiger partial charge in [0.05, 0.1) is 10.0 Å². The minimum Gasteiger partial charge on any atom is -0.315 e. The van der Waals surface area contributed by atoms with Gasteiger partial charge in [0.2, 0.25) is 0 Å². The van der Waals surface area contributed by atoms with Crippen LogP contribution in [0.4, 0.5) is 0 Å². The van der Waals surface area contributed by atoms with E-state index in [1.54, 1.807) is 6.07 Å². The van der Waals surface area contributed by atoms with E-state index in [-0.39, 0.29) is 10.9 Å². The molecule has 2 rings (SSSR count). The van der Waals surface area contributed by atoms with E-state index in [4.69, 9.17) is 23.2 Å². The van der Waals surface area contributed by atoms with Crippen LogP contribution in [-0.2, 0) is 6.54 Å². The average Bonchev–Trinajstić information content (AvgIpc) is 2.76. The van der Waals surface area contributed by atoms with E-state index in [1.807, 2.05) is 24.4 Å². The van der Waals surface area contributed by atoms with Crippen molar-refractivity contribution in [2.24, 2.45) is 0 Å². The Bertz CT molecular complexity index is 594. The van der Waals surface area contributed by atoms with Crippen LogP contribution in [0.2, 0.25) is 10.0 Å². The Labute approximate surface area is 119 Å². The molecule has 0 amide bonds. The molecule has 0 saturated carbocycles. The lowest BCUT2D eigenvalue weighted by Gasteiger charge is -2.15. The molecular formula is C12H12Cl2N2OS. The Morgan fingerprint density at radius 2 is 2.22 bits per heavy atom. The molecular weight excluding hydrogens is 291 g/mol. The fraction of sp³-hybridized carbons (Fsp3) is 0.250. The number of H-pyrrole nitrogens is 1. The monoisotopic (exact) mass is 302 g/mol. The highest BCUT2D eigenvalue weighted by molar-refractivity contribution is 7.07.